The minimum Gasteiger partial charge on any atom is -0.435 e. The van der Waals surface area contributed by atoms with E-state index in [1.807, 2.05) is 0 Å². The Morgan fingerprint density at radius 1 is 1.14 bits per heavy atom. The van der Waals surface area contributed by atoms with Crippen molar-refractivity contribution in [2.75, 3.05) is 17.7 Å². The molecule has 0 heterocycles. The summed E-state index contributed by atoms with van der Waals surface area (Å²) in [6.07, 6.45) is 0. The molecule has 4 nitrogen and oxygen atoms in total. The summed E-state index contributed by atoms with van der Waals surface area (Å²) in [4.78, 5) is 12.2. The Morgan fingerprint density at radius 3 is 2.62 bits per heavy atom. The smallest absolute Gasteiger partial charge is 0.387 e. The SMILES string of the molecule is CNc1ccccc1C(=O)Nc1cccc(OC(F)F)c1. The van der Waals surface area contributed by atoms with Crippen LogP contribution in [0.1, 0.15) is 10.4 Å². The lowest BCUT2D eigenvalue weighted by molar-refractivity contribution is -0.0497. The van der Waals surface area contributed by atoms with Crippen LogP contribution in [0.15, 0.2) is 48.5 Å². The molecule has 6 heteroatoms. The Bertz CT molecular complexity index is 633. The van der Waals surface area contributed by atoms with Gasteiger partial charge in [-0.15, -0.1) is 0 Å². The fourth-order valence-corrected chi connectivity index (χ4v) is 1.85. The average Bonchev–Trinajstić information content (AvgIpc) is 2.46. The molecule has 0 aliphatic heterocycles. The molecule has 0 unspecified atom stereocenters. The molecule has 0 saturated carbocycles. The highest BCUT2D eigenvalue weighted by molar-refractivity contribution is 6.08. The summed E-state index contributed by atoms with van der Waals surface area (Å²) in [7, 11) is 1.71. The number of carbonyl (C=O) groups excluding carboxylic acids is 1. The number of rotatable bonds is 5. The van der Waals surface area contributed by atoms with Crippen molar-refractivity contribution in [3.8, 4) is 5.75 Å². The summed E-state index contributed by atoms with van der Waals surface area (Å²) in [5, 5.41) is 5.56. The molecule has 2 N–H and O–H groups in total. The van der Waals surface area contributed by atoms with Crippen molar-refractivity contribution >= 4 is 17.3 Å². The van der Waals surface area contributed by atoms with Gasteiger partial charge in [0.05, 0.1) is 5.56 Å². The summed E-state index contributed by atoms with van der Waals surface area (Å²) in [6.45, 7) is -2.90. The molecule has 0 bridgehead atoms. The minimum absolute atomic E-state index is 0.00954. The quantitative estimate of drug-likeness (QED) is 0.885. The van der Waals surface area contributed by atoms with Gasteiger partial charge in [0.25, 0.3) is 5.91 Å². The predicted molar refractivity (Wildman–Crippen MR) is 77.0 cm³/mol. The third-order valence-corrected chi connectivity index (χ3v) is 2.76. The van der Waals surface area contributed by atoms with Crippen LogP contribution in [-0.2, 0) is 0 Å². The van der Waals surface area contributed by atoms with E-state index in [0.717, 1.165) is 0 Å². The van der Waals surface area contributed by atoms with Crippen molar-refractivity contribution in [2.24, 2.45) is 0 Å². The zero-order valence-electron chi connectivity index (χ0n) is 11.3. The largest absolute Gasteiger partial charge is 0.435 e. The second kappa shape index (κ2) is 6.69. The number of amides is 1. The van der Waals surface area contributed by atoms with Gasteiger partial charge in [0.2, 0.25) is 0 Å². The Morgan fingerprint density at radius 2 is 1.90 bits per heavy atom. The molecule has 110 valence electrons. The van der Waals surface area contributed by atoms with Crippen LogP contribution in [0.4, 0.5) is 20.2 Å². The van der Waals surface area contributed by atoms with E-state index in [1.165, 1.54) is 18.2 Å². The molecule has 0 radical (unpaired) electrons. The number of ether oxygens (including phenoxy) is 1. The minimum atomic E-state index is -2.90. The predicted octanol–water partition coefficient (Wildman–Crippen LogP) is 3.58. The monoisotopic (exact) mass is 292 g/mol. The number of anilines is 2. The molecule has 0 aliphatic carbocycles. The molecule has 0 spiro atoms. The van der Waals surface area contributed by atoms with Gasteiger partial charge in [-0.3, -0.25) is 4.79 Å². The summed E-state index contributed by atoms with van der Waals surface area (Å²) < 4.78 is 28.6. The number of alkyl halides is 2. The van der Waals surface area contributed by atoms with Crippen LogP contribution in [-0.4, -0.2) is 19.6 Å². The zero-order chi connectivity index (χ0) is 15.2. The second-order valence-electron chi connectivity index (χ2n) is 4.16. The van der Waals surface area contributed by atoms with E-state index >= 15 is 0 Å². The van der Waals surface area contributed by atoms with Crippen LogP contribution in [0.3, 0.4) is 0 Å². The first-order chi connectivity index (χ1) is 10.1. The molecule has 0 atom stereocenters. The van der Waals surface area contributed by atoms with Crippen molar-refractivity contribution in [1.29, 1.82) is 0 Å². The van der Waals surface area contributed by atoms with Gasteiger partial charge in [-0.2, -0.15) is 8.78 Å². The van der Waals surface area contributed by atoms with Gasteiger partial charge in [0.15, 0.2) is 0 Å². The van der Waals surface area contributed by atoms with Crippen LogP contribution in [0.2, 0.25) is 0 Å². The van der Waals surface area contributed by atoms with Crippen molar-refractivity contribution in [3.63, 3.8) is 0 Å². The number of hydrogen-bond donors (Lipinski definition) is 2. The van der Waals surface area contributed by atoms with Gasteiger partial charge in [-0.05, 0) is 24.3 Å². The van der Waals surface area contributed by atoms with E-state index < -0.39 is 6.61 Å². The highest BCUT2D eigenvalue weighted by Gasteiger charge is 2.11. The molecule has 2 aromatic carbocycles. The van der Waals surface area contributed by atoms with Gasteiger partial charge < -0.3 is 15.4 Å². The molecular formula is C15H14F2N2O2. The van der Waals surface area contributed by atoms with Crippen molar-refractivity contribution < 1.29 is 18.3 Å². The number of benzene rings is 2. The molecular weight excluding hydrogens is 278 g/mol. The fourth-order valence-electron chi connectivity index (χ4n) is 1.85. The van der Waals surface area contributed by atoms with Crippen molar-refractivity contribution in [2.45, 2.75) is 6.61 Å². The Labute approximate surface area is 120 Å². The van der Waals surface area contributed by atoms with Crippen LogP contribution < -0.4 is 15.4 Å². The lowest BCUT2D eigenvalue weighted by Gasteiger charge is -2.11. The summed E-state index contributed by atoms with van der Waals surface area (Å²) in [5.74, 6) is -0.348. The normalized spacial score (nSPS) is 10.3. The zero-order valence-corrected chi connectivity index (χ0v) is 11.3. The fraction of sp³-hybridized carbons (Fsp3) is 0.133. The maximum absolute atomic E-state index is 12.2. The van der Waals surface area contributed by atoms with Crippen LogP contribution in [0.5, 0.6) is 5.75 Å². The van der Waals surface area contributed by atoms with Crippen LogP contribution in [0, 0.1) is 0 Å². The van der Waals surface area contributed by atoms with E-state index in [2.05, 4.69) is 15.4 Å². The molecule has 1 amide bonds. The molecule has 0 aromatic heterocycles. The average molecular weight is 292 g/mol. The highest BCUT2D eigenvalue weighted by Crippen LogP contribution is 2.21. The first-order valence-corrected chi connectivity index (χ1v) is 6.23. The first kappa shape index (κ1) is 14.8. The number of hydrogen-bond acceptors (Lipinski definition) is 3. The topological polar surface area (TPSA) is 50.4 Å². The third-order valence-electron chi connectivity index (χ3n) is 2.76. The molecule has 0 saturated heterocycles. The lowest BCUT2D eigenvalue weighted by Crippen LogP contribution is -2.14. The van der Waals surface area contributed by atoms with Crippen molar-refractivity contribution in [3.05, 3.63) is 54.1 Å². The number of halogens is 2. The van der Waals surface area contributed by atoms with Gasteiger partial charge in [0.1, 0.15) is 5.75 Å². The molecule has 0 fully saturated rings. The molecule has 2 rings (SSSR count). The summed E-state index contributed by atoms with van der Waals surface area (Å²) in [5.41, 5.74) is 1.51. The van der Waals surface area contributed by atoms with Gasteiger partial charge in [-0.25, -0.2) is 0 Å². The van der Waals surface area contributed by atoms with Crippen LogP contribution >= 0.6 is 0 Å². The van der Waals surface area contributed by atoms with E-state index in [9.17, 15) is 13.6 Å². The lowest BCUT2D eigenvalue weighted by atomic mass is 10.1. The summed E-state index contributed by atoms with van der Waals surface area (Å²) >= 11 is 0. The Kier molecular flexibility index (Phi) is 4.71. The Hall–Kier alpha value is -2.63. The maximum Gasteiger partial charge on any atom is 0.387 e. The Balaban J connectivity index is 2.16. The van der Waals surface area contributed by atoms with E-state index in [0.29, 0.717) is 16.9 Å². The molecule has 21 heavy (non-hydrogen) atoms. The molecule has 0 aliphatic rings. The van der Waals surface area contributed by atoms with Gasteiger partial charge in [0, 0.05) is 24.5 Å². The molecule has 2 aromatic rings. The third kappa shape index (κ3) is 3.92. The standard InChI is InChI=1S/C15H14F2N2O2/c1-18-13-8-3-2-7-12(13)14(20)19-10-5-4-6-11(9-10)21-15(16)17/h2-9,15,18H,1H3,(H,19,20). The van der Waals surface area contributed by atoms with Crippen LogP contribution in [0.25, 0.3) is 0 Å². The van der Waals surface area contributed by atoms with Gasteiger partial charge >= 0.3 is 6.61 Å². The van der Waals surface area contributed by atoms with E-state index in [-0.39, 0.29) is 11.7 Å². The maximum atomic E-state index is 12.2. The number of para-hydroxylation sites is 1. The van der Waals surface area contributed by atoms with Gasteiger partial charge in [-0.1, -0.05) is 18.2 Å². The number of nitrogens with one attached hydrogen (secondary N) is 2. The second-order valence-corrected chi connectivity index (χ2v) is 4.16. The van der Waals surface area contributed by atoms with E-state index in [4.69, 9.17) is 0 Å². The first-order valence-electron chi connectivity index (χ1n) is 6.23. The highest BCUT2D eigenvalue weighted by atomic mass is 19.3. The van der Waals surface area contributed by atoms with Crippen molar-refractivity contribution in [1.82, 2.24) is 0 Å². The summed E-state index contributed by atoms with van der Waals surface area (Å²) in [6, 6.07) is 12.8. The number of carbonyl (C=O) groups is 1. The van der Waals surface area contributed by atoms with E-state index in [1.54, 1.807) is 37.4 Å².